The standard InChI is InChI=1S/C20H18F3NO7S/c21-20(22,23)13-1-3-14(4-2-13)24-18(25)12-31-19(26)7-10-32(27,28)15-5-6-16-17(11-15)30-9-8-29-16/h1-6,11H,7-10,12H2,(H,24,25). The lowest BCUT2D eigenvalue weighted by atomic mass is 10.2. The molecule has 0 saturated heterocycles. The lowest BCUT2D eigenvalue weighted by molar-refractivity contribution is -0.146. The van der Waals surface area contributed by atoms with Gasteiger partial charge in [0.1, 0.15) is 13.2 Å². The molecule has 0 aliphatic carbocycles. The van der Waals surface area contributed by atoms with E-state index in [9.17, 15) is 31.2 Å². The van der Waals surface area contributed by atoms with Crippen molar-refractivity contribution in [1.29, 1.82) is 0 Å². The SMILES string of the molecule is O=C(COC(=O)CCS(=O)(=O)c1ccc2c(c1)OCCO2)Nc1ccc(C(F)(F)F)cc1. The number of carbonyl (C=O) groups excluding carboxylic acids is 2. The molecule has 12 heteroatoms. The number of hydrogen-bond acceptors (Lipinski definition) is 7. The van der Waals surface area contributed by atoms with Crippen LogP contribution in [0.2, 0.25) is 0 Å². The van der Waals surface area contributed by atoms with Gasteiger partial charge in [0.25, 0.3) is 5.91 Å². The van der Waals surface area contributed by atoms with Gasteiger partial charge in [0, 0.05) is 11.8 Å². The van der Waals surface area contributed by atoms with Gasteiger partial charge in [-0.15, -0.1) is 0 Å². The molecular weight excluding hydrogens is 455 g/mol. The van der Waals surface area contributed by atoms with Crippen molar-refractivity contribution in [3.05, 3.63) is 48.0 Å². The Bertz CT molecular complexity index is 1100. The molecule has 2 aromatic carbocycles. The second kappa shape index (κ2) is 9.47. The monoisotopic (exact) mass is 473 g/mol. The summed E-state index contributed by atoms with van der Waals surface area (Å²) in [5.74, 6) is -1.54. The number of amides is 1. The van der Waals surface area contributed by atoms with Crippen molar-refractivity contribution in [2.45, 2.75) is 17.5 Å². The van der Waals surface area contributed by atoms with Crippen molar-refractivity contribution in [3.8, 4) is 11.5 Å². The zero-order valence-corrected chi connectivity index (χ0v) is 17.3. The molecule has 1 amide bonds. The topological polar surface area (TPSA) is 108 Å². The van der Waals surface area contributed by atoms with Gasteiger partial charge in [0.15, 0.2) is 27.9 Å². The molecule has 32 heavy (non-hydrogen) atoms. The average Bonchev–Trinajstić information content (AvgIpc) is 2.75. The Kier molecular flexibility index (Phi) is 6.92. The van der Waals surface area contributed by atoms with Crippen molar-refractivity contribution in [2.24, 2.45) is 0 Å². The second-order valence-corrected chi connectivity index (χ2v) is 8.77. The summed E-state index contributed by atoms with van der Waals surface area (Å²) < 4.78 is 77.9. The van der Waals surface area contributed by atoms with Gasteiger partial charge in [-0.25, -0.2) is 8.42 Å². The number of alkyl halides is 3. The molecule has 1 aliphatic rings. The first-order valence-electron chi connectivity index (χ1n) is 9.30. The van der Waals surface area contributed by atoms with E-state index in [-0.39, 0.29) is 17.2 Å². The smallest absolute Gasteiger partial charge is 0.416 e. The van der Waals surface area contributed by atoms with Crippen LogP contribution in [0.5, 0.6) is 11.5 Å². The molecule has 0 bridgehead atoms. The summed E-state index contributed by atoms with van der Waals surface area (Å²) in [7, 11) is -3.82. The van der Waals surface area contributed by atoms with Crippen molar-refractivity contribution in [1.82, 2.24) is 0 Å². The van der Waals surface area contributed by atoms with Gasteiger partial charge < -0.3 is 19.5 Å². The predicted molar refractivity (Wildman–Crippen MR) is 105 cm³/mol. The lowest BCUT2D eigenvalue weighted by Gasteiger charge is -2.18. The minimum absolute atomic E-state index is 0.0467. The Labute approximate surface area is 181 Å². The van der Waals surface area contributed by atoms with E-state index in [2.05, 4.69) is 5.32 Å². The van der Waals surface area contributed by atoms with Crippen LogP contribution in [0.15, 0.2) is 47.4 Å². The molecule has 172 valence electrons. The van der Waals surface area contributed by atoms with E-state index in [1.807, 2.05) is 0 Å². The van der Waals surface area contributed by atoms with Gasteiger partial charge in [-0.3, -0.25) is 9.59 Å². The number of halogens is 3. The molecule has 0 radical (unpaired) electrons. The number of benzene rings is 2. The van der Waals surface area contributed by atoms with E-state index in [0.29, 0.717) is 18.1 Å². The van der Waals surface area contributed by atoms with Crippen LogP contribution in [0.4, 0.5) is 18.9 Å². The van der Waals surface area contributed by atoms with Crippen LogP contribution < -0.4 is 14.8 Å². The molecule has 0 saturated carbocycles. The third kappa shape index (κ3) is 6.13. The van der Waals surface area contributed by atoms with Crippen LogP contribution in [0, 0.1) is 0 Å². The fraction of sp³-hybridized carbons (Fsp3) is 0.300. The fourth-order valence-electron chi connectivity index (χ4n) is 2.71. The third-order valence-electron chi connectivity index (χ3n) is 4.31. The van der Waals surface area contributed by atoms with Crippen molar-refractivity contribution >= 4 is 27.4 Å². The molecule has 1 aliphatic heterocycles. The van der Waals surface area contributed by atoms with Crippen molar-refractivity contribution < 1.29 is 45.4 Å². The molecule has 2 aromatic rings. The maximum absolute atomic E-state index is 12.5. The Morgan fingerprint density at radius 3 is 2.31 bits per heavy atom. The number of sulfone groups is 1. The first kappa shape index (κ1) is 23.4. The summed E-state index contributed by atoms with van der Waals surface area (Å²) in [6.45, 7) is -0.0708. The van der Waals surface area contributed by atoms with E-state index >= 15 is 0 Å². The molecule has 0 fully saturated rings. The average molecular weight is 473 g/mol. The zero-order valence-electron chi connectivity index (χ0n) is 16.5. The van der Waals surface area contributed by atoms with Gasteiger partial charge in [0.2, 0.25) is 0 Å². The minimum atomic E-state index is -4.50. The molecule has 8 nitrogen and oxygen atoms in total. The Hall–Kier alpha value is -3.28. The molecule has 0 atom stereocenters. The number of nitrogens with one attached hydrogen (secondary N) is 1. The summed E-state index contributed by atoms with van der Waals surface area (Å²) in [5.41, 5.74) is -0.790. The maximum Gasteiger partial charge on any atom is 0.416 e. The quantitative estimate of drug-likeness (QED) is 0.616. The Morgan fingerprint density at radius 1 is 1.00 bits per heavy atom. The number of rotatable bonds is 7. The number of fused-ring (bicyclic) bond motifs is 1. The van der Waals surface area contributed by atoms with Gasteiger partial charge in [-0.2, -0.15) is 13.2 Å². The minimum Gasteiger partial charge on any atom is -0.486 e. The number of carbonyl (C=O) groups is 2. The second-order valence-electron chi connectivity index (χ2n) is 6.66. The zero-order chi connectivity index (χ0) is 23.4. The summed E-state index contributed by atoms with van der Waals surface area (Å²) >= 11 is 0. The van der Waals surface area contributed by atoms with E-state index in [1.165, 1.54) is 18.2 Å². The van der Waals surface area contributed by atoms with Crippen LogP contribution in [0.3, 0.4) is 0 Å². The fourth-order valence-corrected chi connectivity index (χ4v) is 3.94. The van der Waals surface area contributed by atoms with Crippen LogP contribution in [0.1, 0.15) is 12.0 Å². The third-order valence-corrected chi connectivity index (χ3v) is 6.02. The Balaban J connectivity index is 1.46. The molecule has 0 unspecified atom stereocenters. The first-order valence-corrected chi connectivity index (χ1v) is 10.9. The number of hydrogen-bond donors (Lipinski definition) is 1. The van der Waals surface area contributed by atoms with Crippen molar-refractivity contribution in [3.63, 3.8) is 0 Å². The van der Waals surface area contributed by atoms with Crippen LogP contribution in [0.25, 0.3) is 0 Å². The highest BCUT2D eigenvalue weighted by Crippen LogP contribution is 2.32. The largest absolute Gasteiger partial charge is 0.486 e. The van der Waals surface area contributed by atoms with E-state index in [1.54, 1.807) is 0 Å². The molecular formula is C20H18F3NO7S. The highest BCUT2D eigenvalue weighted by atomic mass is 32.2. The molecule has 1 N–H and O–H groups in total. The van der Waals surface area contributed by atoms with Gasteiger partial charge >= 0.3 is 12.1 Å². The number of ether oxygens (including phenoxy) is 3. The summed E-state index contributed by atoms with van der Waals surface area (Å²) in [4.78, 5) is 23.6. The van der Waals surface area contributed by atoms with Gasteiger partial charge in [-0.05, 0) is 36.4 Å². The highest BCUT2D eigenvalue weighted by molar-refractivity contribution is 7.91. The first-order chi connectivity index (χ1) is 15.0. The van der Waals surface area contributed by atoms with Crippen LogP contribution in [-0.4, -0.2) is 45.9 Å². The summed E-state index contributed by atoms with van der Waals surface area (Å²) in [5, 5.41) is 2.28. The molecule has 0 spiro atoms. The van der Waals surface area contributed by atoms with E-state index < -0.39 is 52.2 Å². The molecule has 0 aromatic heterocycles. The number of anilines is 1. The Morgan fingerprint density at radius 2 is 1.66 bits per heavy atom. The van der Waals surface area contributed by atoms with Crippen LogP contribution in [-0.2, 0) is 30.3 Å². The van der Waals surface area contributed by atoms with Crippen molar-refractivity contribution in [2.75, 3.05) is 30.9 Å². The van der Waals surface area contributed by atoms with E-state index in [4.69, 9.17) is 14.2 Å². The maximum atomic E-state index is 12.5. The number of esters is 1. The molecule has 1 heterocycles. The van der Waals surface area contributed by atoms with Crippen LogP contribution >= 0.6 is 0 Å². The highest BCUT2D eigenvalue weighted by Gasteiger charge is 2.30. The van der Waals surface area contributed by atoms with E-state index in [0.717, 1.165) is 24.3 Å². The normalized spacial score (nSPS) is 13.3. The van der Waals surface area contributed by atoms with Gasteiger partial charge in [0.05, 0.1) is 22.6 Å². The predicted octanol–water partition coefficient (Wildman–Crippen LogP) is 2.82. The molecule has 3 rings (SSSR count). The van der Waals surface area contributed by atoms with Gasteiger partial charge in [-0.1, -0.05) is 0 Å². The summed E-state index contributed by atoms with van der Waals surface area (Å²) in [6.07, 6.45) is -5.00. The lowest BCUT2D eigenvalue weighted by Crippen LogP contribution is -2.22. The summed E-state index contributed by atoms with van der Waals surface area (Å²) in [6, 6.07) is 7.82.